The molecule has 0 spiro atoms. The number of nitrogens with one attached hydrogen (secondary N) is 1. The molecule has 7 heteroatoms. The molecule has 0 saturated heterocycles. The lowest BCUT2D eigenvalue weighted by Crippen LogP contribution is -2.44. The van der Waals surface area contributed by atoms with Gasteiger partial charge in [0, 0.05) is 28.1 Å². The van der Waals surface area contributed by atoms with Crippen LogP contribution in [0.4, 0.5) is 14.5 Å². The van der Waals surface area contributed by atoms with E-state index in [1.54, 1.807) is 42.5 Å². The first kappa shape index (κ1) is 19.2. The molecule has 1 aliphatic heterocycles. The number of para-hydroxylation sites is 1. The molecule has 1 N–H and O–H groups in total. The Balaban J connectivity index is 1.24. The number of alkyl halides is 2. The van der Waals surface area contributed by atoms with E-state index in [0.717, 1.165) is 12.8 Å². The zero-order valence-corrected chi connectivity index (χ0v) is 17.6. The van der Waals surface area contributed by atoms with Crippen LogP contribution in [0.2, 0.25) is 5.02 Å². The molecule has 6 atom stereocenters. The minimum absolute atomic E-state index is 0.0332. The first-order valence-electron chi connectivity index (χ1n) is 10.7. The fraction of sp³-hybridized carbons (Fsp3) is 0.417. The summed E-state index contributed by atoms with van der Waals surface area (Å²) in [6.07, 6.45) is 1.48. The molecule has 160 valence electrons. The Morgan fingerprint density at radius 2 is 1.90 bits per heavy atom. The zero-order valence-electron chi connectivity index (χ0n) is 16.8. The minimum Gasteiger partial charge on any atom is -0.349 e. The van der Waals surface area contributed by atoms with Crippen LogP contribution in [-0.2, 0) is 10.7 Å². The van der Waals surface area contributed by atoms with Crippen LogP contribution in [0.1, 0.15) is 35.7 Å². The van der Waals surface area contributed by atoms with E-state index in [4.69, 9.17) is 11.6 Å². The monoisotopic (exact) mass is 442 g/mol. The SMILES string of the molecule is CCC(NC(=O)c1ccc(Cl)cc1)[C@]12C3C(N4C(=O)C(F)(F)c5ccccc54)C[C@@H]1[C@H]32. The summed E-state index contributed by atoms with van der Waals surface area (Å²) >= 11 is 5.91. The molecule has 7 rings (SSSR count). The van der Waals surface area contributed by atoms with E-state index in [1.165, 1.54) is 11.0 Å². The van der Waals surface area contributed by atoms with Crippen molar-refractivity contribution in [2.45, 2.75) is 37.8 Å². The highest BCUT2D eigenvalue weighted by molar-refractivity contribution is 6.30. The fourth-order valence-corrected chi connectivity index (χ4v) is 6.92. The second kappa shape index (κ2) is 6.06. The number of hydrogen-bond donors (Lipinski definition) is 1. The Kier molecular flexibility index (Phi) is 3.76. The number of nitrogens with zero attached hydrogens (tertiary/aromatic N) is 1. The minimum atomic E-state index is -3.47. The molecule has 2 amide bonds. The van der Waals surface area contributed by atoms with Gasteiger partial charge >= 0.3 is 11.8 Å². The average molecular weight is 443 g/mol. The van der Waals surface area contributed by atoms with Gasteiger partial charge in [0.2, 0.25) is 0 Å². The van der Waals surface area contributed by atoms with Crippen molar-refractivity contribution in [3.63, 3.8) is 0 Å². The van der Waals surface area contributed by atoms with E-state index >= 15 is 0 Å². The van der Waals surface area contributed by atoms with Crippen LogP contribution in [0.25, 0.3) is 0 Å². The van der Waals surface area contributed by atoms with E-state index in [9.17, 15) is 18.4 Å². The second-order valence-electron chi connectivity index (χ2n) is 9.17. The zero-order chi connectivity index (χ0) is 21.7. The van der Waals surface area contributed by atoms with Crippen LogP contribution in [0.5, 0.6) is 0 Å². The van der Waals surface area contributed by atoms with Crippen LogP contribution in [0.15, 0.2) is 48.5 Å². The van der Waals surface area contributed by atoms with Gasteiger partial charge in [-0.1, -0.05) is 36.7 Å². The summed E-state index contributed by atoms with van der Waals surface area (Å²) in [5, 5.41) is 3.74. The van der Waals surface area contributed by atoms with Gasteiger partial charge in [-0.2, -0.15) is 8.78 Å². The predicted octanol–water partition coefficient (Wildman–Crippen LogP) is 4.62. The number of anilines is 1. The third-order valence-electron chi connectivity index (χ3n) is 8.05. The highest BCUT2D eigenvalue weighted by Crippen LogP contribution is 2.93. The number of carbonyl (C=O) groups excluding carboxylic acids is 2. The van der Waals surface area contributed by atoms with Crippen molar-refractivity contribution >= 4 is 29.1 Å². The van der Waals surface area contributed by atoms with Gasteiger partial charge in [-0.25, -0.2) is 0 Å². The standard InChI is InChI=1S/C24H21ClF2N2O2/c1-2-18(28-21(30)12-7-9-13(25)10-8-12)23-15-11-17(20(23)19(15)23)29-16-6-4-3-5-14(16)24(26,27)22(29)31/h3-10,15,17-20H,2,11H2,1H3,(H,28,30)/t15-,17?,18?,19-,20?,23-/m1/s1. The normalized spacial score (nSPS) is 34.2. The largest absolute Gasteiger partial charge is 0.352 e. The van der Waals surface area contributed by atoms with Gasteiger partial charge in [0.1, 0.15) is 0 Å². The Morgan fingerprint density at radius 1 is 1.19 bits per heavy atom. The van der Waals surface area contributed by atoms with E-state index in [0.29, 0.717) is 28.1 Å². The van der Waals surface area contributed by atoms with Crippen molar-refractivity contribution in [1.82, 2.24) is 5.32 Å². The maximum atomic E-state index is 14.6. The maximum absolute atomic E-state index is 14.6. The third kappa shape index (κ3) is 2.29. The Bertz CT molecular complexity index is 1110. The molecule has 4 aliphatic carbocycles. The molecule has 2 aromatic carbocycles. The Morgan fingerprint density at radius 3 is 2.58 bits per heavy atom. The summed E-state index contributed by atoms with van der Waals surface area (Å²) in [7, 11) is 0. The van der Waals surface area contributed by atoms with Crippen molar-refractivity contribution in [2.24, 2.45) is 23.2 Å². The van der Waals surface area contributed by atoms with Crippen molar-refractivity contribution in [1.29, 1.82) is 0 Å². The van der Waals surface area contributed by atoms with Crippen LogP contribution in [-0.4, -0.2) is 23.9 Å². The number of carbonyl (C=O) groups is 2. The predicted molar refractivity (Wildman–Crippen MR) is 112 cm³/mol. The summed E-state index contributed by atoms with van der Waals surface area (Å²) < 4.78 is 29.3. The summed E-state index contributed by atoms with van der Waals surface area (Å²) in [5.41, 5.74) is 0.623. The van der Waals surface area contributed by atoms with Gasteiger partial charge in [-0.05, 0) is 60.9 Å². The molecule has 4 saturated carbocycles. The second-order valence-corrected chi connectivity index (χ2v) is 9.61. The summed E-state index contributed by atoms with van der Waals surface area (Å²) in [4.78, 5) is 26.8. The molecule has 1 heterocycles. The van der Waals surface area contributed by atoms with Crippen LogP contribution in [0.3, 0.4) is 0 Å². The van der Waals surface area contributed by atoms with E-state index in [2.05, 4.69) is 5.32 Å². The lowest BCUT2D eigenvalue weighted by atomic mass is 9.94. The van der Waals surface area contributed by atoms with Gasteiger partial charge in [-0.15, -0.1) is 0 Å². The molecule has 5 aliphatic rings. The number of hydrogen-bond acceptors (Lipinski definition) is 2. The summed E-state index contributed by atoms with van der Waals surface area (Å²) in [6.45, 7) is 2.04. The van der Waals surface area contributed by atoms with E-state index in [1.807, 2.05) is 6.92 Å². The smallest absolute Gasteiger partial charge is 0.349 e. The van der Waals surface area contributed by atoms with E-state index < -0.39 is 11.8 Å². The van der Waals surface area contributed by atoms with Gasteiger partial charge < -0.3 is 10.2 Å². The topological polar surface area (TPSA) is 49.4 Å². The molecule has 3 unspecified atom stereocenters. The average Bonchev–Trinajstić information content (AvgIpc) is 3.46. The van der Waals surface area contributed by atoms with Crippen LogP contribution in [0, 0.1) is 23.2 Å². The summed E-state index contributed by atoms with van der Waals surface area (Å²) in [5.74, 6) is -3.79. The highest BCUT2D eigenvalue weighted by atomic mass is 35.5. The fourth-order valence-electron chi connectivity index (χ4n) is 6.80. The maximum Gasteiger partial charge on any atom is 0.352 e. The number of halogens is 3. The lowest BCUT2D eigenvalue weighted by Gasteiger charge is -2.27. The van der Waals surface area contributed by atoms with Crippen molar-refractivity contribution in [2.75, 3.05) is 4.90 Å². The van der Waals surface area contributed by atoms with Crippen molar-refractivity contribution in [3.05, 3.63) is 64.7 Å². The third-order valence-corrected chi connectivity index (χ3v) is 8.31. The first-order valence-corrected chi connectivity index (χ1v) is 11.1. The molecule has 2 aromatic rings. The highest BCUT2D eigenvalue weighted by Gasteiger charge is 2.94. The van der Waals surface area contributed by atoms with Crippen molar-refractivity contribution in [3.8, 4) is 0 Å². The molecule has 2 bridgehead atoms. The molecular formula is C24H21ClF2N2O2. The van der Waals surface area contributed by atoms with Crippen LogP contribution >= 0.6 is 11.6 Å². The van der Waals surface area contributed by atoms with Gasteiger partial charge in [0.25, 0.3) is 5.91 Å². The van der Waals surface area contributed by atoms with E-state index in [-0.39, 0.29) is 34.9 Å². The van der Waals surface area contributed by atoms with Gasteiger partial charge in [0.15, 0.2) is 0 Å². The molecule has 0 radical (unpaired) electrons. The number of fused-ring (bicyclic) bond motifs is 2. The first-order chi connectivity index (χ1) is 14.8. The van der Waals surface area contributed by atoms with Crippen LogP contribution < -0.4 is 10.2 Å². The Hall–Kier alpha value is -2.47. The molecule has 4 fully saturated rings. The van der Waals surface area contributed by atoms with Gasteiger partial charge in [0.05, 0.1) is 11.3 Å². The quantitative estimate of drug-likeness (QED) is 0.734. The van der Waals surface area contributed by atoms with Crippen molar-refractivity contribution < 1.29 is 18.4 Å². The molecule has 31 heavy (non-hydrogen) atoms. The number of amides is 2. The summed E-state index contributed by atoms with van der Waals surface area (Å²) in [6, 6.07) is 12.7. The molecule has 0 aromatic heterocycles. The van der Waals surface area contributed by atoms with Gasteiger partial charge in [-0.3, -0.25) is 9.59 Å². The lowest BCUT2D eigenvalue weighted by molar-refractivity contribution is -0.142. The molecule has 4 nitrogen and oxygen atoms in total. The molecular weight excluding hydrogens is 422 g/mol. The number of benzene rings is 2. The number of rotatable bonds is 5. The Labute approximate surface area is 183 Å².